The summed E-state index contributed by atoms with van der Waals surface area (Å²) in [4.78, 5) is 47.8. The molecular formula is C33H47N3O6. The topological polar surface area (TPSA) is 99.6 Å². The highest BCUT2D eigenvalue weighted by Crippen LogP contribution is 2.64. The minimum absolute atomic E-state index is 0.226. The van der Waals surface area contributed by atoms with Crippen LogP contribution in [-0.2, 0) is 23.9 Å². The second-order valence-electron chi connectivity index (χ2n) is 11.6. The highest BCUT2D eigenvalue weighted by molar-refractivity contribution is 6.05. The number of likely N-dealkylation sites (tertiary alicyclic amines) is 1. The summed E-state index contributed by atoms with van der Waals surface area (Å²) in [5, 5.41) is 10.2. The van der Waals surface area contributed by atoms with Crippen LogP contribution in [-0.4, -0.2) is 83.9 Å². The van der Waals surface area contributed by atoms with Gasteiger partial charge in [-0.05, 0) is 77.1 Å². The van der Waals surface area contributed by atoms with Crippen LogP contribution in [0.2, 0.25) is 0 Å². The molecule has 0 saturated carbocycles. The van der Waals surface area contributed by atoms with Crippen molar-refractivity contribution in [2.45, 2.75) is 83.1 Å². The van der Waals surface area contributed by atoms with Gasteiger partial charge in [0.2, 0.25) is 5.91 Å². The maximum Gasteiger partial charge on any atom is 0.312 e. The molecule has 1 spiro atoms. The third-order valence-electron chi connectivity index (χ3n) is 9.51. The third kappa shape index (κ3) is 5.15. The van der Waals surface area contributed by atoms with E-state index in [0.29, 0.717) is 37.8 Å². The van der Waals surface area contributed by atoms with Gasteiger partial charge in [0.1, 0.15) is 17.6 Å². The van der Waals surface area contributed by atoms with Crippen LogP contribution in [0, 0.1) is 11.8 Å². The average Bonchev–Trinajstić information content (AvgIpc) is 3.62. The number of aliphatic hydroxyl groups is 1. The van der Waals surface area contributed by atoms with E-state index in [9.17, 15) is 19.5 Å². The Kier molecular flexibility index (Phi) is 9.83. The van der Waals surface area contributed by atoms with Crippen molar-refractivity contribution in [3.8, 4) is 0 Å². The monoisotopic (exact) mass is 581 g/mol. The van der Waals surface area contributed by atoms with E-state index in [0.717, 1.165) is 18.8 Å². The number of hydrogen-bond donors (Lipinski definition) is 1. The average molecular weight is 582 g/mol. The lowest BCUT2D eigenvalue weighted by Crippen LogP contribution is -2.58. The number of carbonyl (C=O) groups excluding carboxylic acids is 3. The van der Waals surface area contributed by atoms with Crippen molar-refractivity contribution in [1.29, 1.82) is 0 Å². The van der Waals surface area contributed by atoms with E-state index in [1.54, 1.807) is 24.0 Å². The summed E-state index contributed by atoms with van der Waals surface area (Å²) < 4.78 is 12.5. The highest BCUT2D eigenvalue weighted by atomic mass is 16.6. The normalized spacial score (nSPS) is 28.4. The number of anilines is 2. The molecule has 2 amide bonds. The zero-order valence-corrected chi connectivity index (χ0v) is 25.6. The van der Waals surface area contributed by atoms with Crippen LogP contribution in [0.5, 0.6) is 0 Å². The molecule has 0 radical (unpaired) electrons. The number of unbranched alkanes of at least 4 members (excludes halogenated alkanes) is 1. The summed E-state index contributed by atoms with van der Waals surface area (Å²) in [6, 6.07) is 6.14. The zero-order chi connectivity index (χ0) is 30.7. The van der Waals surface area contributed by atoms with Crippen molar-refractivity contribution >= 4 is 29.2 Å². The number of fused-ring (bicyclic) bond motifs is 1. The van der Waals surface area contributed by atoms with E-state index < -0.39 is 41.1 Å². The molecule has 0 aromatic heterocycles. The quantitative estimate of drug-likeness (QED) is 0.189. The molecule has 3 fully saturated rings. The van der Waals surface area contributed by atoms with Crippen LogP contribution in [0.1, 0.15) is 59.8 Å². The molecule has 1 aromatic rings. The molecule has 6 atom stereocenters. The summed E-state index contributed by atoms with van der Waals surface area (Å²) in [5.41, 5.74) is -0.343. The number of aliphatic hydroxyl groups excluding tert-OH is 1. The Morgan fingerprint density at radius 1 is 1.14 bits per heavy atom. The predicted molar refractivity (Wildman–Crippen MR) is 163 cm³/mol. The molecule has 230 valence electrons. The van der Waals surface area contributed by atoms with Gasteiger partial charge in [-0.25, -0.2) is 0 Å². The van der Waals surface area contributed by atoms with Gasteiger partial charge in [-0.3, -0.25) is 14.4 Å². The molecule has 3 aliphatic heterocycles. The van der Waals surface area contributed by atoms with E-state index in [1.165, 1.54) is 4.90 Å². The first-order valence-corrected chi connectivity index (χ1v) is 15.4. The molecule has 1 N–H and O–H groups in total. The minimum atomic E-state index is -1.20. The Hall–Kier alpha value is -3.17. The van der Waals surface area contributed by atoms with Gasteiger partial charge in [0, 0.05) is 31.0 Å². The van der Waals surface area contributed by atoms with E-state index in [2.05, 4.69) is 31.9 Å². The maximum atomic E-state index is 14.7. The SMILES string of the molecule is C=CCCCOC(=O)[C@H]1[C@H]2C(=O)N([C@H](C)CO)C(C(=O)N(CC=C)c3ccc(N(CC)CC)cc3)C23CC[C@]1(CC)O3. The molecule has 9 nitrogen and oxygen atoms in total. The van der Waals surface area contributed by atoms with Crippen LogP contribution >= 0.6 is 0 Å². The molecule has 1 aromatic carbocycles. The summed E-state index contributed by atoms with van der Waals surface area (Å²) in [6.45, 7) is 17.3. The Morgan fingerprint density at radius 3 is 2.38 bits per heavy atom. The Bertz CT molecular complexity index is 1170. The second kappa shape index (κ2) is 13.0. The minimum Gasteiger partial charge on any atom is -0.465 e. The Morgan fingerprint density at radius 2 is 1.81 bits per heavy atom. The lowest BCUT2D eigenvalue weighted by Gasteiger charge is -2.38. The molecule has 3 heterocycles. The fourth-order valence-corrected chi connectivity index (χ4v) is 7.38. The molecule has 2 unspecified atom stereocenters. The summed E-state index contributed by atoms with van der Waals surface area (Å²) in [7, 11) is 0. The van der Waals surface area contributed by atoms with Gasteiger partial charge < -0.3 is 29.3 Å². The van der Waals surface area contributed by atoms with E-state index in [1.807, 2.05) is 31.2 Å². The van der Waals surface area contributed by atoms with Crippen molar-refractivity contribution < 1.29 is 29.0 Å². The van der Waals surface area contributed by atoms with Crippen LogP contribution in [0.4, 0.5) is 11.4 Å². The maximum absolute atomic E-state index is 14.7. The number of ether oxygens (including phenoxy) is 2. The number of nitrogens with zero attached hydrogens (tertiary/aromatic N) is 3. The first-order valence-electron chi connectivity index (χ1n) is 15.4. The number of esters is 1. The van der Waals surface area contributed by atoms with Crippen LogP contribution in [0.3, 0.4) is 0 Å². The zero-order valence-electron chi connectivity index (χ0n) is 25.6. The van der Waals surface area contributed by atoms with Crippen molar-refractivity contribution in [2.24, 2.45) is 11.8 Å². The van der Waals surface area contributed by atoms with Crippen LogP contribution in [0.15, 0.2) is 49.6 Å². The van der Waals surface area contributed by atoms with Gasteiger partial charge in [0.25, 0.3) is 5.91 Å². The second-order valence-corrected chi connectivity index (χ2v) is 11.6. The van der Waals surface area contributed by atoms with Crippen molar-refractivity contribution in [3.63, 3.8) is 0 Å². The third-order valence-corrected chi connectivity index (χ3v) is 9.51. The van der Waals surface area contributed by atoms with Crippen molar-refractivity contribution in [3.05, 3.63) is 49.6 Å². The standard InChI is InChI=1S/C33H47N3O6/c1-7-12-13-21-41-31(40)27-26-29(38)36(23(6)22-37)28(33(26)19-18-32(27,9-3)42-33)30(39)35(20-8-2)25-16-14-24(15-17-25)34(10-4)11-5/h7-8,14-17,23,26-28,37H,1-2,9-13,18-22H2,3-6H3/t23-,26+,27-,28?,32+,33?/m1/s1. The molecule has 3 aliphatic rings. The van der Waals surface area contributed by atoms with Crippen LogP contribution in [0.25, 0.3) is 0 Å². The molecule has 3 saturated heterocycles. The van der Waals surface area contributed by atoms with Crippen molar-refractivity contribution in [2.75, 3.05) is 42.6 Å². The number of hydrogen-bond acceptors (Lipinski definition) is 7. The first kappa shape index (κ1) is 31.8. The van der Waals surface area contributed by atoms with Crippen molar-refractivity contribution in [1.82, 2.24) is 4.90 Å². The highest BCUT2D eigenvalue weighted by Gasteiger charge is 2.79. The molecule has 42 heavy (non-hydrogen) atoms. The largest absolute Gasteiger partial charge is 0.465 e. The van der Waals surface area contributed by atoms with Gasteiger partial charge in [-0.2, -0.15) is 0 Å². The number of carbonyl (C=O) groups is 3. The Labute approximate surface area is 250 Å². The lowest BCUT2D eigenvalue weighted by molar-refractivity contribution is -0.162. The summed E-state index contributed by atoms with van der Waals surface area (Å²) >= 11 is 0. The molecule has 2 bridgehead atoms. The van der Waals surface area contributed by atoms with Gasteiger partial charge >= 0.3 is 5.97 Å². The molecule has 4 rings (SSSR count). The number of amides is 2. The molecular weight excluding hydrogens is 534 g/mol. The summed E-state index contributed by atoms with van der Waals surface area (Å²) in [6.07, 6.45) is 6.32. The van der Waals surface area contributed by atoms with Crippen LogP contribution < -0.4 is 9.80 Å². The van der Waals surface area contributed by atoms with E-state index >= 15 is 0 Å². The Balaban J connectivity index is 1.74. The van der Waals surface area contributed by atoms with Gasteiger partial charge in [0.05, 0.1) is 30.8 Å². The smallest absolute Gasteiger partial charge is 0.312 e. The van der Waals surface area contributed by atoms with Gasteiger partial charge in [0.15, 0.2) is 0 Å². The fourth-order valence-electron chi connectivity index (χ4n) is 7.38. The molecule has 0 aliphatic carbocycles. The number of allylic oxidation sites excluding steroid dienone is 1. The van der Waals surface area contributed by atoms with Gasteiger partial charge in [-0.1, -0.05) is 19.1 Å². The number of benzene rings is 1. The lowest BCUT2D eigenvalue weighted by atomic mass is 9.65. The number of rotatable bonds is 15. The fraction of sp³-hybridized carbons (Fsp3) is 0.606. The predicted octanol–water partition coefficient (Wildman–Crippen LogP) is 4.10. The molecule has 9 heteroatoms. The first-order chi connectivity index (χ1) is 20.2. The van der Waals surface area contributed by atoms with Gasteiger partial charge in [-0.15, -0.1) is 13.2 Å². The van der Waals surface area contributed by atoms with E-state index in [-0.39, 0.29) is 31.6 Å². The van der Waals surface area contributed by atoms with E-state index in [4.69, 9.17) is 9.47 Å². The summed E-state index contributed by atoms with van der Waals surface area (Å²) in [5.74, 6) is -2.79.